The molecule has 0 bridgehead atoms. The normalized spacial score (nSPS) is 11.0. The first kappa shape index (κ1) is 18.9. The number of carbonyl (C=O) groups is 1. The average molecular weight is 362 g/mol. The van der Waals surface area contributed by atoms with E-state index in [1.165, 1.54) is 11.1 Å². The summed E-state index contributed by atoms with van der Waals surface area (Å²) < 4.78 is 1.72. The van der Waals surface area contributed by atoms with Crippen molar-refractivity contribution in [2.24, 2.45) is 0 Å². The lowest BCUT2D eigenvalue weighted by atomic mass is 10.0. The number of aromatic nitrogens is 1. The number of amides is 1. The van der Waals surface area contributed by atoms with Gasteiger partial charge in [0, 0.05) is 30.1 Å². The van der Waals surface area contributed by atoms with Crippen molar-refractivity contribution in [1.29, 1.82) is 0 Å². The third-order valence-electron chi connectivity index (χ3n) is 5.10. The maximum absolute atomic E-state index is 12.6. The Morgan fingerprint density at radius 3 is 2.33 bits per heavy atom. The molecule has 0 radical (unpaired) electrons. The smallest absolute Gasteiger partial charge is 0.251 e. The van der Waals surface area contributed by atoms with Gasteiger partial charge in [0.2, 0.25) is 5.91 Å². The van der Waals surface area contributed by atoms with Gasteiger partial charge in [0.15, 0.2) is 0 Å². The number of nitrogens with one attached hydrogen (secondary N) is 1. The van der Waals surface area contributed by atoms with Gasteiger partial charge in [-0.2, -0.15) is 0 Å². The zero-order valence-electron chi connectivity index (χ0n) is 16.6. The van der Waals surface area contributed by atoms with Gasteiger partial charge in [-0.3, -0.25) is 9.59 Å². The molecular weight excluding hydrogens is 336 g/mol. The van der Waals surface area contributed by atoms with Crippen LogP contribution < -0.4 is 10.9 Å². The minimum absolute atomic E-state index is 0.0640. The molecule has 1 amide bonds. The van der Waals surface area contributed by atoms with Crippen molar-refractivity contribution in [3.8, 4) is 0 Å². The molecule has 0 unspecified atom stereocenters. The Hall–Kier alpha value is -2.88. The zero-order valence-corrected chi connectivity index (χ0v) is 16.6. The van der Waals surface area contributed by atoms with E-state index in [0.29, 0.717) is 6.54 Å². The second-order valence-corrected chi connectivity index (χ2v) is 7.39. The number of hydrogen-bond acceptors (Lipinski definition) is 2. The second kappa shape index (κ2) is 7.39. The van der Waals surface area contributed by atoms with Gasteiger partial charge in [-0.1, -0.05) is 17.7 Å². The first-order chi connectivity index (χ1) is 12.8. The molecule has 0 saturated heterocycles. The Balaban J connectivity index is 1.85. The van der Waals surface area contributed by atoms with E-state index >= 15 is 0 Å². The maximum atomic E-state index is 12.6. The lowest BCUT2D eigenvalue weighted by Crippen LogP contribution is -2.24. The van der Waals surface area contributed by atoms with Crippen LogP contribution in [-0.4, -0.2) is 10.5 Å². The van der Waals surface area contributed by atoms with Crippen LogP contribution in [0.3, 0.4) is 0 Å². The fourth-order valence-corrected chi connectivity index (χ4v) is 3.55. The van der Waals surface area contributed by atoms with Gasteiger partial charge in [0.05, 0.1) is 5.52 Å². The lowest BCUT2D eigenvalue weighted by Gasteiger charge is -2.15. The van der Waals surface area contributed by atoms with Crippen LogP contribution in [0.25, 0.3) is 10.9 Å². The van der Waals surface area contributed by atoms with E-state index in [0.717, 1.165) is 33.3 Å². The standard InChI is InChI=1S/C23H26N2O2/c1-14-10-18(5)23-20(11-14)17(4)13-22(27)25(23)9-8-21(26)24-19-7-6-15(2)16(3)12-19/h6-7,10-13H,8-9H2,1-5H3,(H,24,26). The van der Waals surface area contributed by atoms with E-state index in [2.05, 4.69) is 24.4 Å². The Labute approximate surface area is 159 Å². The van der Waals surface area contributed by atoms with Crippen LogP contribution in [0, 0.1) is 34.6 Å². The number of hydrogen-bond donors (Lipinski definition) is 1. The van der Waals surface area contributed by atoms with Crippen molar-refractivity contribution < 1.29 is 4.79 Å². The van der Waals surface area contributed by atoms with E-state index in [-0.39, 0.29) is 17.9 Å². The summed E-state index contributed by atoms with van der Waals surface area (Å²) in [5, 5.41) is 4.00. The Morgan fingerprint density at radius 2 is 1.63 bits per heavy atom. The third kappa shape index (κ3) is 3.95. The quantitative estimate of drug-likeness (QED) is 0.739. The highest BCUT2D eigenvalue weighted by atomic mass is 16.1. The molecule has 0 saturated carbocycles. The number of anilines is 1. The molecule has 0 aliphatic carbocycles. The Kier molecular flexibility index (Phi) is 5.17. The van der Waals surface area contributed by atoms with Crippen LogP contribution >= 0.6 is 0 Å². The van der Waals surface area contributed by atoms with Gasteiger partial charge in [-0.25, -0.2) is 0 Å². The lowest BCUT2D eigenvalue weighted by molar-refractivity contribution is -0.116. The molecule has 1 N–H and O–H groups in total. The largest absolute Gasteiger partial charge is 0.326 e. The minimum atomic E-state index is -0.0938. The van der Waals surface area contributed by atoms with E-state index in [1.807, 2.05) is 45.9 Å². The number of benzene rings is 2. The molecule has 1 heterocycles. The van der Waals surface area contributed by atoms with Crippen LogP contribution in [0.5, 0.6) is 0 Å². The van der Waals surface area contributed by atoms with Gasteiger partial charge in [-0.15, -0.1) is 0 Å². The summed E-state index contributed by atoms with van der Waals surface area (Å²) in [5.74, 6) is -0.0938. The zero-order chi connectivity index (χ0) is 19.7. The predicted octanol–water partition coefficient (Wildman–Crippen LogP) is 4.57. The number of nitrogens with zero attached hydrogens (tertiary/aromatic N) is 1. The fourth-order valence-electron chi connectivity index (χ4n) is 3.55. The molecule has 0 aliphatic heterocycles. The Bertz CT molecular complexity index is 1090. The number of pyridine rings is 1. The van der Waals surface area contributed by atoms with Gasteiger partial charge in [0.25, 0.3) is 5.56 Å². The number of carbonyl (C=O) groups excluding carboxylic acids is 1. The van der Waals surface area contributed by atoms with Crippen LogP contribution in [0.2, 0.25) is 0 Å². The van der Waals surface area contributed by atoms with Crippen LogP contribution in [0.15, 0.2) is 41.2 Å². The van der Waals surface area contributed by atoms with E-state index in [1.54, 1.807) is 10.6 Å². The SMILES string of the molecule is Cc1cc(C)c2c(c1)c(C)cc(=O)n2CCC(=O)Nc1ccc(C)c(C)c1. The highest BCUT2D eigenvalue weighted by molar-refractivity contribution is 5.91. The molecular formula is C23H26N2O2. The van der Waals surface area contributed by atoms with Crippen molar-refractivity contribution in [3.63, 3.8) is 0 Å². The van der Waals surface area contributed by atoms with Crippen molar-refractivity contribution in [2.75, 3.05) is 5.32 Å². The summed E-state index contributed by atoms with van der Waals surface area (Å²) in [6, 6.07) is 11.7. The van der Waals surface area contributed by atoms with Crippen molar-refractivity contribution in [2.45, 2.75) is 47.6 Å². The maximum Gasteiger partial charge on any atom is 0.251 e. The highest BCUT2D eigenvalue weighted by Crippen LogP contribution is 2.22. The van der Waals surface area contributed by atoms with Crippen molar-refractivity contribution in [1.82, 2.24) is 4.57 Å². The van der Waals surface area contributed by atoms with Gasteiger partial charge < -0.3 is 9.88 Å². The predicted molar refractivity (Wildman–Crippen MR) is 112 cm³/mol. The fraction of sp³-hybridized carbons (Fsp3) is 0.304. The monoisotopic (exact) mass is 362 g/mol. The summed E-state index contributed by atoms with van der Waals surface area (Å²) >= 11 is 0. The summed E-state index contributed by atoms with van der Waals surface area (Å²) in [6.07, 6.45) is 0.248. The van der Waals surface area contributed by atoms with Gasteiger partial charge in [-0.05, 0) is 75.1 Å². The molecule has 1 aromatic heterocycles. The molecule has 3 rings (SSSR count). The molecule has 0 atom stereocenters. The first-order valence-corrected chi connectivity index (χ1v) is 9.25. The molecule has 0 spiro atoms. The molecule has 0 fully saturated rings. The molecule has 27 heavy (non-hydrogen) atoms. The first-order valence-electron chi connectivity index (χ1n) is 9.25. The summed E-state index contributed by atoms with van der Waals surface area (Å²) in [7, 11) is 0. The Morgan fingerprint density at radius 1 is 0.889 bits per heavy atom. The third-order valence-corrected chi connectivity index (χ3v) is 5.10. The summed E-state index contributed by atoms with van der Waals surface area (Å²) in [4.78, 5) is 25.0. The summed E-state index contributed by atoms with van der Waals surface area (Å²) in [6.45, 7) is 10.4. The molecule has 3 aromatic rings. The molecule has 4 nitrogen and oxygen atoms in total. The van der Waals surface area contributed by atoms with Crippen molar-refractivity contribution in [3.05, 3.63) is 74.6 Å². The number of rotatable bonds is 4. The highest BCUT2D eigenvalue weighted by Gasteiger charge is 2.11. The van der Waals surface area contributed by atoms with Crippen LogP contribution in [-0.2, 0) is 11.3 Å². The van der Waals surface area contributed by atoms with Crippen LogP contribution in [0.4, 0.5) is 5.69 Å². The van der Waals surface area contributed by atoms with Gasteiger partial charge in [0.1, 0.15) is 0 Å². The van der Waals surface area contributed by atoms with Crippen molar-refractivity contribution >= 4 is 22.5 Å². The second-order valence-electron chi connectivity index (χ2n) is 7.39. The van der Waals surface area contributed by atoms with E-state index in [9.17, 15) is 9.59 Å². The molecule has 4 heteroatoms. The number of aryl methyl sites for hydroxylation is 6. The molecule has 0 aliphatic rings. The van der Waals surface area contributed by atoms with E-state index in [4.69, 9.17) is 0 Å². The minimum Gasteiger partial charge on any atom is -0.326 e. The average Bonchev–Trinajstić information content (AvgIpc) is 2.58. The van der Waals surface area contributed by atoms with Crippen LogP contribution in [0.1, 0.15) is 34.2 Å². The van der Waals surface area contributed by atoms with E-state index < -0.39 is 0 Å². The molecule has 140 valence electrons. The van der Waals surface area contributed by atoms with Gasteiger partial charge >= 0.3 is 0 Å². The topological polar surface area (TPSA) is 51.1 Å². The summed E-state index contributed by atoms with van der Waals surface area (Å²) in [5.41, 5.74) is 7.17. The molecule has 2 aromatic carbocycles. The number of fused-ring (bicyclic) bond motifs is 1.